The van der Waals surface area contributed by atoms with Crippen molar-refractivity contribution in [1.29, 1.82) is 0 Å². The van der Waals surface area contributed by atoms with Crippen LogP contribution in [0.4, 0.5) is 0 Å². The first kappa shape index (κ1) is 16.5. The van der Waals surface area contributed by atoms with E-state index in [9.17, 15) is 0 Å². The van der Waals surface area contributed by atoms with E-state index < -0.39 is 0 Å². The van der Waals surface area contributed by atoms with Gasteiger partial charge >= 0.3 is 0 Å². The van der Waals surface area contributed by atoms with Crippen molar-refractivity contribution in [2.75, 3.05) is 0 Å². The molecule has 0 fully saturated rings. The number of hydrogen-bond acceptors (Lipinski definition) is 0. The quantitative estimate of drug-likeness (QED) is 0.386. The molecular weight excluding hydrogens is 264 g/mol. The third-order valence-electron chi connectivity index (χ3n) is 4.24. The van der Waals surface area contributed by atoms with Gasteiger partial charge in [-0.25, -0.2) is 0 Å². The molecule has 0 aliphatic heterocycles. The molecule has 2 aromatic rings. The Balaban J connectivity index is 2.43. The van der Waals surface area contributed by atoms with Crippen molar-refractivity contribution >= 4 is 10.8 Å². The zero-order valence-corrected chi connectivity index (χ0v) is 14.1. The minimum Gasteiger partial charge on any atom is -0.103 e. The topological polar surface area (TPSA) is 0 Å². The SMILES string of the molecule is C=CCCCc1cc(C)cc2c(CCCC=C)cc(C)cc12. The number of aryl methyl sites for hydroxylation is 4. The van der Waals surface area contributed by atoms with Crippen molar-refractivity contribution in [3.8, 4) is 0 Å². The van der Waals surface area contributed by atoms with Crippen LogP contribution < -0.4 is 0 Å². The van der Waals surface area contributed by atoms with E-state index >= 15 is 0 Å². The molecule has 2 rings (SSSR count). The normalized spacial score (nSPS) is 10.8. The van der Waals surface area contributed by atoms with Crippen LogP contribution in [0.25, 0.3) is 10.8 Å². The highest BCUT2D eigenvalue weighted by Crippen LogP contribution is 2.28. The lowest BCUT2D eigenvalue weighted by atomic mass is 9.91. The van der Waals surface area contributed by atoms with Gasteiger partial charge in [0, 0.05) is 0 Å². The van der Waals surface area contributed by atoms with E-state index in [-0.39, 0.29) is 0 Å². The van der Waals surface area contributed by atoms with E-state index in [4.69, 9.17) is 0 Å². The largest absolute Gasteiger partial charge is 0.103 e. The summed E-state index contributed by atoms with van der Waals surface area (Å²) < 4.78 is 0. The Kier molecular flexibility index (Phi) is 6.00. The smallest absolute Gasteiger partial charge is 0.0146 e. The van der Waals surface area contributed by atoms with Gasteiger partial charge in [0.15, 0.2) is 0 Å². The number of rotatable bonds is 8. The summed E-state index contributed by atoms with van der Waals surface area (Å²) in [6.45, 7) is 12.1. The van der Waals surface area contributed by atoms with Crippen molar-refractivity contribution < 1.29 is 0 Å². The first-order valence-electron chi connectivity index (χ1n) is 8.40. The Labute approximate surface area is 135 Å². The Morgan fingerprint density at radius 2 is 1.14 bits per heavy atom. The molecule has 0 aliphatic carbocycles. The fourth-order valence-corrected chi connectivity index (χ4v) is 3.22. The van der Waals surface area contributed by atoms with Gasteiger partial charge in [-0.15, -0.1) is 13.2 Å². The maximum absolute atomic E-state index is 3.83. The van der Waals surface area contributed by atoms with Gasteiger partial charge in [0.2, 0.25) is 0 Å². The van der Waals surface area contributed by atoms with Crippen molar-refractivity contribution in [2.45, 2.75) is 52.4 Å². The molecular formula is C22H28. The summed E-state index contributed by atoms with van der Waals surface area (Å²) in [5.74, 6) is 0. The summed E-state index contributed by atoms with van der Waals surface area (Å²) in [7, 11) is 0. The third kappa shape index (κ3) is 4.10. The summed E-state index contributed by atoms with van der Waals surface area (Å²) in [5.41, 5.74) is 5.72. The molecule has 0 N–H and O–H groups in total. The lowest BCUT2D eigenvalue weighted by molar-refractivity contribution is 0.843. The minimum absolute atomic E-state index is 1.09. The Morgan fingerprint density at radius 3 is 1.50 bits per heavy atom. The number of fused-ring (bicyclic) bond motifs is 1. The Bertz CT molecular complexity index is 602. The molecule has 116 valence electrons. The van der Waals surface area contributed by atoms with E-state index in [0.29, 0.717) is 0 Å². The standard InChI is InChI=1S/C22H28/c1-5-7-9-11-19-13-17(3)16-22-20(12-10-8-6-2)14-18(4)15-21(19)22/h5-6,13-16H,1-2,7-12H2,3-4H3. The average Bonchev–Trinajstić information content (AvgIpc) is 2.48. The number of hydrogen-bond donors (Lipinski definition) is 0. The predicted octanol–water partition coefficient (Wildman–Crippen LogP) is 6.47. The van der Waals surface area contributed by atoms with Crippen molar-refractivity contribution in [3.05, 3.63) is 71.8 Å². The highest BCUT2D eigenvalue weighted by atomic mass is 14.1. The fraction of sp³-hybridized carbons (Fsp3) is 0.364. The fourth-order valence-electron chi connectivity index (χ4n) is 3.22. The van der Waals surface area contributed by atoms with Gasteiger partial charge in [-0.05, 0) is 74.3 Å². The molecule has 0 unspecified atom stereocenters. The van der Waals surface area contributed by atoms with Gasteiger partial charge in [-0.3, -0.25) is 0 Å². The van der Waals surface area contributed by atoms with Crippen LogP contribution in [0.5, 0.6) is 0 Å². The van der Waals surface area contributed by atoms with Crippen LogP contribution in [0.3, 0.4) is 0 Å². The third-order valence-corrected chi connectivity index (χ3v) is 4.24. The molecule has 0 aromatic heterocycles. The lowest BCUT2D eigenvalue weighted by Gasteiger charge is -2.14. The first-order valence-corrected chi connectivity index (χ1v) is 8.40. The molecule has 0 bridgehead atoms. The second kappa shape index (κ2) is 7.98. The molecule has 0 heteroatoms. The minimum atomic E-state index is 1.09. The van der Waals surface area contributed by atoms with Crippen molar-refractivity contribution in [2.24, 2.45) is 0 Å². The van der Waals surface area contributed by atoms with Crippen LogP contribution in [0.1, 0.15) is 47.9 Å². The van der Waals surface area contributed by atoms with Crippen LogP contribution in [0.2, 0.25) is 0 Å². The van der Waals surface area contributed by atoms with E-state index in [1.807, 2.05) is 12.2 Å². The van der Waals surface area contributed by atoms with E-state index in [0.717, 1.165) is 25.7 Å². The van der Waals surface area contributed by atoms with Crippen molar-refractivity contribution in [3.63, 3.8) is 0 Å². The molecule has 0 spiro atoms. The van der Waals surface area contributed by atoms with E-state index in [2.05, 4.69) is 51.3 Å². The second-order valence-electron chi connectivity index (χ2n) is 6.31. The second-order valence-corrected chi connectivity index (χ2v) is 6.31. The van der Waals surface area contributed by atoms with Crippen LogP contribution in [0, 0.1) is 13.8 Å². The Hall–Kier alpha value is -1.82. The molecule has 0 saturated heterocycles. The van der Waals surface area contributed by atoms with Crippen LogP contribution >= 0.6 is 0 Å². The molecule has 0 radical (unpaired) electrons. The zero-order chi connectivity index (χ0) is 15.9. The van der Waals surface area contributed by atoms with Crippen LogP contribution in [-0.2, 0) is 12.8 Å². The predicted molar refractivity (Wildman–Crippen MR) is 99.7 cm³/mol. The van der Waals surface area contributed by atoms with E-state index in [1.165, 1.54) is 45.9 Å². The molecule has 0 atom stereocenters. The molecule has 0 aliphatic rings. The summed E-state index contributed by atoms with van der Waals surface area (Å²) in [6, 6.07) is 9.43. The van der Waals surface area contributed by atoms with E-state index in [1.54, 1.807) is 0 Å². The van der Waals surface area contributed by atoms with Gasteiger partial charge < -0.3 is 0 Å². The molecule has 0 heterocycles. The van der Waals surface area contributed by atoms with Gasteiger partial charge in [0.05, 0.1) is 0 Å². The highest BCUT2D eigenvalue weighted by molar-refractivity contribution is 5.90. The van der Waals surface area contributed by atoms with Crippen LogP contribution in [-0.4, -0.2) is 0 Å². The monoisotopic (exact) mass is 292 g/mol. The first-order chi connectivity index (χ1) is 10.7. The number of benzene rings is 2. The summed E-state index contributed by atoms with van der Waals surface area (Å²) >= 11 is 0. The molecule has 0 saturated carbocycles. The summed E-state index contributed by atoms with van der Waals surface area (Å²) in [6.07, 6.45) is 10.9. The summed E-state index contributed by atoms with van der Waals surface area (Å²) in [5, 5.41) is 2.89. The highest BCUT2D eigenvalue weighted by Gasteiger charge is 2.08. The number of allylic oxidation sites excluding steroid dienone is 2. The molecule has 2 aromatic carbocycles. The maximum atomic E-state index is 3.83. The van der Waals surface area contributed by atoms with Crippen LogP contribution in [0.15, 0.2) is 49.6 Å². The van der Waals surface area contributed by atoms with Gasteiger partial charge in [-0.1, -0.05) is 47.5 Å². The lowest BCUT2D eigenvalue weighted by Crippen LogP contribution is -1.95. The average molecular weight is 292 g/mol. The van der Waals surface area contributed by atoms with Gasteiger partial charge in [-0.2, -0.15) is 0 Å². The Morgan fingerprint density at radius 1 is 0.727 bits per heavy atom. The van der Waals surface area contributed by atoms with Gasteiger partial charge in [0.1, 0.15) is 0 Å². The molecule has 0 amide bonds. The number of unbranched alkanes of at least 4 members (excludes halogenated alkanes) is 2. The zero-order valence-electron chi connectivity index (χ0n) is 14.1. The molecule has 0 nitrogen and oxygen atoms in total. The maximum Gasteiger partial charge on any atom is -0.0146 e. The summed E-state index contributed by atoms with van der Waals surface area (Å²) in [4.78, 5) is 0. The van der Waals surface area contributed by atoms with Crippen molar-refractivity contribution in [1.82, 2.24) is 0 Å². The molecule has 22 heavy (non-hydrogen) atoms. The van der Waals surface area contributed by atoms with Gasteiger partial charge in [0.25, 0.3) is 0 Å².